The van der Waals surface area contributed by atoms with Crippen molar-refractivity contribution >= 4 is 17.3 Å². The number of nitrogens with zero attached hydrogens (tertiary/aromatic N) is 2. The number of alkyl halides is 1. The van der Waals surface area contributed by atoms with E-state index in [1.165, 1.54) is 12.1 Å². The number of likely N-dealkylation sites (N-methyl/N-ethyl adjacent to an activating group) is 1. The van der Waals surface area contributed by atoms with Gasteiger partial charge in [0, 0.05) is 25.0 Å². The third-order valence-corrected chi connectivity index (χ3v) is 3.98. The summed E-state index contributed by atoms with van der Waals surface area (Å²) in [6.07, 6.45) is 2.01. The van der Waals surface area contributed by atoms with Gasteiger partial charge in [-0.15, -0.1) is 11.6 Å². The number of benzene rings is 1. The zero-order valence-electron chi connectivity index (χ0n) is 11.3. The number of hydrogen-bond donors (Lipinski definition) is 0. The second-order valence-electron chi connectivity index (χ2n) is 5.25. The molecule has 0 spiro atoms. The molecule has 0 N–H and O–H groups in total. The topological polar surface area (TPSA) is 6.48 Å². The quantitative estimate of drug-likeness (QED) is 0.788. The lowest BCUT2D eigenvalue weighted by Gasteiger charge is -2.37. The molecule has 5 heteroatoms. The summed E-state index contributed by atoms with van der Waals surface area (Å²) in [7, 11) is 3.99. The average Bonchev–Trinajstić information content (AvgIpc) is 2.38. The average molecular weight is 289 g/mol. The highest BCUT2D eigenvalue weighted by molar-refractivity contribution is 6.17. The zero-order chi connectivity index (χ0) is 14.0. The molecule has 1 unspecified atom stereocenters. The van der Waals surface area contributed by atoms with Crippen LogP contribution < -0.4 is 4.90 Å². The van der Waals surface area contributed by atoms with Gasteiger partial charge in [-0.3, -0.25) is 0 Å². The molecule has 1 aromatic rings. The SMILES string of the molecule is CN(C)C1CCCN(c2c(F)cc(CCl)cc2F)C1. The molecule has 0 saturated carbocycles. The molecule has 0 bridgehead atoms. The molecule has 1 fully saturated rings. The standard InChI is InChI=1S/C14H19ClF2N2/c1-18(2)11-4-3-5-19(9-11)14-12(16)6-10(8-15)7-13(14)17/h6-7,11H,3-5,8-9H2,1-2H3. The van der Waals surface area contributed by atoms with Gasteiger partial charge < -0.3 is 9.80 Å². The van der Waals surface area contributed by atoms with Gasteiger partial charge in [0.05, 0.1) is 0 Å². The monoisotopic (exact) mass is 288 g/mol. The van der Waals surface area contributed by atoms with E-state index in [9.17, 15) is 8.78 Å². The molecular formula is C14H19ClF2N2. The van der Waals surface area contributed by atoms with Crippen molar-refractivity contribution in [3.05, 3.63) is 29.3 Å². The molecule has 1 aliphatic heterocycles. The number of hydrogen-bond acceptors (Lipinski definition) is 2. The Morgan fingerprint density at radius 3 is 2.47 bits per heavy atom. The number of anilines is 1. The Labute approximate surface area is 117 Å². The van der Waals surface area contributed by atoms with E-state index in [0.29, 0.717) is 24.7 Å². The summed E-state index contributed by atoms with van der Waals surface area (Å²) in [5, 5.41) is 0. The summed E-state index contributed by atoms with van der Waals surface area (Å²) >= 11 is 5.62. The van der Waals surface area contributed by atoms with Crippen LogP contribution in [0.25, 0.3) is 0 Å². The molecule has 1 aliphatic rings. The van der Waals surface area contributed by atoms with E-state index >= 15 is 0 Å². The third kappa shape index (κ3) is 3.18. The van der Waals surface area contributed by atoms with Crippen molar-refractivity contribution in [2.24, 2.45) is 0 Å². The molecule has 1 saturated heterocycles. The summed E-state index contributed by atoms with van der Waals surface area (Å²) in [5.74, 6) is -0.917. The van der Waals surface area contributed by atoms with Crippen molar-refractivity contribution in [2.45, 2.75) is 24.8 Å². The molecule has 0 amide bonds. The lowest BCUT2D eigenvalue weighted by molar-refractivity contribution is 0.256. The van der Waals surface area contributed by atoms with Crippen molar-refractivity contribution in [3.8, 4) is 0 Å². The molecule has 1 atom stereocenters. The van der Waals surface area contributed by atoms with Crippen molar-refractivity contribution in [1.82, 2.24) is 4.90 Å². The fourth-order valence-corrected chi connectivity index (χ4v) is 2.73. The highest BCUT2D eigenvalue weighted by atomic mass is 35.5. The third-order valence-electron chi connectivity index (χ3n) is 3.67. The van der Waals surface area contributed by atoms with Crippen LogP contribution >= 0.6 is 11.6 Å². The highest BCUT2D eigenvalue weighted by Gasteiger charge is 2.25. The Balaban J connectivity index is 2.26. The predicted molar refractivity (Wildman–Crippen MR) is 74.8 cm³/mol. The molecule has 0 aromatic heterocycles. The van der Waals surface area contributed by atoms with E-state index in [1.54, 1.807) is 4.90 Å². The lowest BCUT2D eigenvalue weighted by atomic mass is 10.0. The molecule has 106 valence electrons. The summed E-state index contributed by atoms with van der Waals surface area (Å²) < 4.78 is 28.1. The van der Waals surface area contributed by atoms with Crippen LogP contribution in [0.4, 0.5) is 14.5 Å². The van der Waals surface area contributed by atoms with Gasteiger partial charge in [-0.05, 0) is 44.6 Å². The van der Waals surface area contributed by atoms with E-state index in [-0.39, 0.29) is 11.6 Å². The first kappa shape index (κ1) is 14.5. The smallest absolute Gasteiger partial charge is 0.149 e. The Bertz CT molecular complexity index is 428. The first-order valence-electron chi connectivity index (χ1n) is 6.48. The molecular weight excluding hydrogens is 270 g/mol. The second kappa shape index (κ2) is 6.06. The molecule has 2 rings (SSSR count). The van der Waals surface area contributed by atoms with Crippen LogP contribution in [0.15, 0.2) is 12.1 Å². The summed E-state index contributed by atoms with van der Waals surface area (Å²) in [6.45, 7) is 1.35. The first-order chi connectivity index (χ1) is 9.02. The maximum absolute atomic E-state index is 14.1. The molecule has 0 aliphatic carbocycles. The Morgan fingerprint density at radius 1 is 1.32 bits per heavy atom. The maximum atomic E-state index is 14.1. The zero-order valence-corrected chi connectivity index (χ0v) is 12.1. The van der Waals surface area contributed by atoms with Gasteiger partial charge in [0.2, 0.25) is 0 Å². The van der Waals surface area contributed by atoms with Crippen LogP contribution in [0.2, 0.25) is 0 Å². The van der Waals surface area contributed by atoms with Crippen LogP contribution in [0, 0.1) is 11.6 Å². The van der Waals surface area contributed by atoms with Gasteiger partial charge >= 0.3 is 0 Å². The minimum Gasteiger partial charge on any atom is -0.365 e. The first-order valence-corrected chi connectivity index (χ1v) is 7.01. The Hall–Kier alpha value is -0.870. The number of halogens is 3. The van der Waals surface area contributed by atoms with E-state index in [1.807, 2.05) is 14.1 Å². The van der Waals surface area contributed by atoms with Gasteiger partial charge in [0.1, 0.15) is 17.3 Å². The van der Waals surface area contributed by atoms with Crippen molar-refractivity contribution in [1.29, 1.82) is 0 Å². The van der Waals surface area contributed by atoms with Crippen LogP contribution in [0.3, 0.4) is 0 Å². The van der Waals surface area contributed by atoms with Crippen LogP contribution in [0.5, 0.6) is 0 Å². The molecule has 1 heterocycles. The second-order valence-corrected chi connectivity index (χ2v) is 5.51. The number of rotatable bonds is 3. The van der Waals surface area contributed by atoms with Crippen LogP contribution in [-0.4, -0.2) is 38.1 Å². The summed E-state index contributed by atoms with van der Waals surface area (Å²) in [5.41, 5.74) is 0.557. The normalized spacial score (nSPS) is 20.1. The van der Waals surface area contributed by atoms with Gasteiger partial charge in [0.25, 0.3) is 0 Å². The van der Waals surface area contributed by atoms with Crippen LogP contribution in [0.1, 0.15) is 18.4 Å². The summed E-state index contributed by atoms with van der Waals surface area (Å²) in [6, 6.07) is 2.98. The fourth-order valence-electron chi connectivity index (χ4n) is 2.58. The highest BCUT2D eigenvalue weighted by Crippen LogP contribution is 2.28. The van der Waals surface area contributed by atoms with Gasteiger partial charge in [0.15, 0.2) is 0 Å². The summed E-state index contributed by atoms with van der Waals surface area (Å²) in [4.78, 5) is 3.91. The van der Waals surface area contributed by atoms with Crippen molar-refractivity contribution < 1.29 is 8.78 Å². The minimum atomic E-state index is -0.518. The molecule has 1 aromatic carbocycles. The van der Waals surface area contributed by atoms with Gasteiger partial charge in [-0.2, -0.15) is 0 Å². The van der Waals surface area contributed by atoms with Gasteiger partial charge in [-0.1, -0.05) is 0 Å². The van der Waals surface area contributed by atoms with E-state index < -0.39 is 11.6 Å². The van der Waals surface area contributed by atoms with E-state index in [4.69, 9.17) is 11.6 Å². The van der Waals surface area contributed by atoms with Crippen molar-refractivity contribution in [2.75, 3.05) is 32.1 Å². The van der Waals surface area contributed by atoms with Crippen molar-refractivity contribution in [3.63, 3.8) is 0 Å². The van der Waals surface area contributed by atoms with Crippen LogP contribution in [-0.2, 0) is 5.88 Å². The fraction of sp³-hybridized carbons (Fsp3) is 0.571. The van der Waals surface area contributed by atoms with E-state index in [0.717, 1.165) is 12.8 Å². The molecule has 0 radical (unpaired) electrons. The van der Waals surface area contributed by atoms with Gasteiger partial charge in [-0.25, -0.2) is 8.78 Å². The maximum Gasteiger partial charge on any atom is 0.149 e. The minimum absolute atomic E-state index is 0.0837. The largest absolute Gasteiger partial charge is 0.365 e. The molecule has 19 heavy (non-hydrogen) atoms. The lowest BCUT2D eigenvalue weighted by Crippen LogP contribution is -2.45. The Kier molecular flexibility index (Phi) is 4.63. The Morgan fingerprint density at radius 2 is 1.95 bits per heavy atom. The number of piperidine rings is 1. The predicted octanol–water partition coefficient (Wildman–Crippen LogP) is 3.23. The molecule has 2 nitrogen and oxygen atoms in total. The van der Waals surface area contributed by atoms with E-state index in [2.05, 4.69) is 4.90 Å².